The van der Waals surface area contributed by atoms with Gasteiger partial charge >= 0.3 is 10.2 Å². The van der Waals surface area contributed by atoms with Crippen LogP contribution in [0.15, 0.2) is 78.6 Å². The van der Waals surface area contributed by atoms with Crippen molar-refractivity contribution in [2.24, 2.45) is 0 Å². The van der Waals surface area contributed by atoms with Crippen molar-refractivity contribution in [3.8, 4) is 17.5 Å². The molecule has 178 valence electrons. The van der Waals surface area contributed by atoms with Crippen LogP contribution in [0.3, 0.4) is 0 Å². The molecule has 0 saturated carbocycles. The Labute approximate surface area is 198 Å². The second kappa shape index (κ2) is 10.0. The van der Waals surface area contributed by atoms with Gasteiger partial charge in [0.1, 0.15) is 24.2 Å². The summed E-state index contributed by atoms with van der Waals surface area (Å²) in [6.07, 6.45) is 7.67. The van der Waals surface area contributed by atoms with E-state index >= 15 is 0 Å². The smallest absolute Gasteiger partial charge is 0.326 e. The SMILES string of the molecule is C=C1CC[C@@H](Oc2ccc(N3CC(=O)NS3(=O)=O)cc2)C/C=C\C=C1Oc1cccc(OC)n1. The maximum Gasteiger partial charge on any atom is 0.326 e. The first-order chi connectivity index (χ1) is 16.3. The van der Waals surface area contributed by atoms with Gasteiger partial charge in [-0.2, -0.15) is 13.4 Å². The van der Waals surface area contributed by atoms with Crippen LogP contribution in [0.4, 0.5) is 5.69 Å². The van der Waals surface area contributed by atoms with Crippen LogP contribution in [0.1, 0.15) is 19.3 Å². The van der Waals surface area contributed by atoms with Gasteiger partial charge in [-0.3, -0.25) is 4.79 Å². The summed E-state index contributed by atoms with van der Waals surface area (Å²) in [5.41, 5.74) is 1.21. The van der Waals surface area contributed by atoms with Gasteiger partial charge in [-0.15, -0.1) is 0 Å². The van der Waals surface area contributed by atoms with Crippen LogP contribution in [-0.4, -0.2) is 39.1 Å². The fourth-order valence-corrected chi connectivity index (χ4v) is 4.68. The van der Waals surface area contributed by atoms with E-state index in [1.165, 1.54) is 0 Å². The van der Waals surface area contributed by atoms with Gasteiger partial charge in [0.15, 0.2) is 0 Å². The van der Waals surface area contributed by atoms with Gasteiger partial charge in [0, 0.05) is 18.6 Å². The number of hydrogen-bond acceptors (Lipinski definition) is 7. The van der Waals surface area contributed by atoms with Gasteiger partial charge in [0.25, 0.3) is 5.91 Å². The molecule has 1 aromatic carbocycles. The van der Waals surface area contributed by atoms with Crippen LogP contribution in [0.2, 0.25) is 0 Å². The molecule has 0 spiro atoms. The van der Waals surface area contributed by atoms with Gasteiger partial charge in [-0.1, -0.05) is 24.8 Å². The highest BCUT2D eigenvalue weighted by Gasteiger charge is 2.33. The molecule has 1 N–H and O–H groups in total. The molecule has 34 heavy (non-hydrogen) atoms. The molecule has 1 fully saturated rings. The molecule has 0 radical (unpaired) electrons. The van der Waals surface area contributed by atoms with E-state index in [1.807, 2.05) is 23.0 Å². The Kier molecular flexibility index (Phi) is 6.87. The van der Waals surface area contributed by atoms with Crippen LogP contribution < -0.4 is 23.2 Å². The maximum atomic E-state index is 12.0. The zero-order valence-corrected chi connectivity index (χ0v) is 19.5. The fourth-order valence-electron chi connectivity index (χ4n) is 3.53. The zero-order chi connectivity index (χ0) is 24.1. The molecule has 9 nitrogen and oxygen atoms in total. The molecule has 2 heterocycles. The van der Waals surface area contributed by atoms with Crippen LogP contribution in [0.5, 0.6) is 17.5 Å². The van der Waals surface area contributed by atoms with Gasteiger partial charge in [-0.05, 0) is 48.8 Å². The van der Waals surface area contributed by atoms with Crippen LogP contribution >= 0.6 is 0 Å². The van der Waals surface area contributed by atoms with Crippen molar-refractivity contribution < 1.29 is 27.4 Å². The van der Waals surface area contributed by atoms with E-state index in [0.717, 1.165) is 9.88 Å². The second-order valence-corrected chi connectivity index (χ2v) is 9.32. The van der Waals surface area contributed by atoms with Crippen molar-refractivity contribution in [3.05, 3.63) is 78.6 Å². The molecule has 0 unspecified atom stereocenters. The average Bonchev–Trinajstić information content (AvgIpc) is 3.14. The number of amides is 1. The van der Waals surface area contributed by atoms with E-state index in [-0.39, 0.29) is 12.6 Å². The summed E-state index contributed by atoms with van der Waals surface area (Å²) in [4.78, 5) is 15.7. The highest BCUT2D eigenvalue weighted by molar-refractivity contribution is 7.92. The molecule has 1 atom stereocenters. The number of anilines is 1. The molecule has 4 rings (SSSR count). The molecule has 2 aromatic rings. The number of rotatable bonds is 6. The first-order valence-corrected chi connectivity index (χ1v) is 12.1. The third kappa shape index (κ3) is 5.57. The Balaban J connectivity index is 1.38. The molecule has 1 aliphatic carbocycles. The zero-order valence-electron chi connectivity index (χ0n) is 18.6. The topological polar surface area (TPSA) is 107 Å². The minimum Gasteiger partial charge on any atom is -0.490 e. The van der Waals surface area contributed by atoms with E-state index in [9.17, 15) is 13.2 Å². The minimum atomic E-state index is -3.84. The van der Waals surface area contributed by atoms with Gasteiger partial charge < -0.3 is 14.2 Å². The summed E-state index contributed by atoms with van der Waals surface area (Å²) in [7, 11) is -2.29. The monoisotopic (exact) mass is 483 g/mol. The van der Waals surface area contributed by atoms with Gasteiger partial charge in [0.2, 0.25) is 11.8 Å². The Bertz CT molecular complexity index is 1240. The highest BCUT2D eigenvalue weighted by atomic mass is 32.2. The number of nitrogens with zero attached hydrogens (tertiary/aromatic N) is 2. The summed E-state index contributed by atoms with van der Waals surface area (Å²) < 4.78 is 44.2. The fraction of sp³-hybridized carbons (Fsp3) is 0.250. The van der Waals surface area contributed by atoms with Gasteiger partial charge in [0.05, 0.1) is 12.8 Å². The summed E-state index contributed by atoms with van der Waals surface area (Å²) in [5.74, 6) is 1.55. The standard InChI is InChI=1S/C24H25N3O6S/c1-17-10-13-19(6-3-4-7-21(17)33-24-9-5-8-23(25-24)31-2)32-20-14-11-18(12-15-20)27-16-22(28)26-34(27,29)30/h3-5,7-9,11-12,14-15,19H,1,6,10,13,16H2,2H3,(H,26,28)/b4-3-,21-7?/t19-/m0/s1. The molecule has 0 bridgehead atoms. The number of ether oxygens (including phenoxy) is 3. The average molecular weight is 484 g/mol. The third-order valence-corrected chi connectivity index (χ3v) is 6.67. The predicted octanol–water partition coefficient (Wildman–Crippen LogP) is 3.28. The lowest BCUT2D eigenvalue weighted by atomic mass is 10.1. The van der Waals surface area contributed by atoms with Crippen LogP contribution in [0.25, 0.3) is 0 Å². The van der Waals surface area contributed by atoms with E-state index in [1.54, 1.807) is 49.6 Å². The summed E-state index contributed by atoms with van der Waals surface area (Å²) >= 11 is 0. The molecule has 1 amide bonds. The van der Waals surface area contributed by atoms with E-state index in [2.05, 4.69) is 11.6 Å². The largest absolute Gasteiger partial charge is 0.490 e. The summed E-state index contributed by atoms with van der Waals surface area (Å²) in [5, 5.41) is 0. The first kappa shape index (κ1) is 23.4. The molecule has 1 aliphatic heterocycles. The van der Waals surface area contributed by atoms with Gasteiger partial charge in [-0.25, -0.2) is 9.03 Å². The van der Waals surface area contributed by atoms with Crippen molar-refractivity contribution in [2.75, 3.05) is 18.0 Å². The normalized spacial score (nSPS) is 20.9. The van der Waals surface area contributed by atoms with E-state index in [4.69, 9.17) is 14.2 Å². The maximum absolute atomic E-state index is 12.0. The molecule has 1 saturated heterocycles. The Morgan fingerprint density at radius 2 is 1.91 bits per heavy atom. The van der Waals surface area contributed by atoms with Crippen molar-refractivity contribution >= 4 is 21.8 Å². The Hall–Kier alpha value is -3.79. The number of carbonyl (C=O) groups excluding carboxylic acids is 1. The number of carbonyl (C=O) groups is 1. The van der Waals surface area contributed by atoms with Crippen molar-refractivity contribution in [1.82, 2.24) is 9.71 Å². The Morgan fingerprint density at radius 3 is 2.62 bits per heavy atom. The highest BCUT2D eigenvalue weighted by Crippen LogP contribution is 2.27. The third-order valence-electron chi connectivity index (χ3n) is 5.27. The second-order valence-electron chi connectivity index (χ2n) is 7.73. The molecule has 1 aromatic heterocycles. The van der Waals surface area contributed by atoms with E-state index < -0.39 is 16.1 Å². The molecular formula is C24H25N3O6S. The Morgan fingerprint density at radius 1 is 1.15 bits per heavy atom. The summed E-state index contributed by atoms with van der Waals surface area (Å²) in [6, 6.07) is 11.9. The van der Waals surface area contributed by atoms with E-state index in [0.29, 0.717) is 48.2 Å². The molecule has 2 aliphatic rings. The number of benzene rings is 1. The molecule has 10 heteroatoms. The number of aromatic nitrogens is 1. The number of hydrogen-bond donors (Lipinski definition) is 1. The summed E-state index contributed by atoms with van der Waals surface area (Å²) in [6.45, 7) is 3.92. The van der Waals surface area contributed by atoms with Crippen LogP contribution in [0, 0.1) is 0 Å². The minimum absolute atomic E-state index is 0.111. The van der Waals surface area contributed by atoms with Crippen molar-refractivity contribution in [1.29, 1.82) is 0 Å². The van der Waals surface area contributed by atoms with Crippen LogP contribution in [-0.2, 0) is 15.0 Å². The lowest BCUT2D eigenvalue weighted by Crippen LogP contribution is -2.29. The lowest BCUT2D eigenvalue weighted by Gasteiger charge is -2.20. The number of allylic oxidation sites excluding steroid dienone is 3. The predicted molar refractivity (Wildman–Crippen MR) is 127 cm³/mol. The van der Waals surface area contributed by atoms with Crippen molar-refractivity contribution in [2.45, 2.75) is 25.4 Å². The first-order valence-electron chi connectivity index (χ1n) is 10.7. The number of nitrogens with one attached hydrogen (secondary N) is 1. The molecular weight excluding hydrogens is 458 g/mol. The lowest BCUT2D eigenvalue weighted by molar-refractivity contribution is -0.117. The number of methoxy groups -OCH3 is 1. The quantitative estimate of drug-likeness (QED) is 0.672. The van der Waals surface area contributed by atoms with Crippen molar-refractivity contribution in [3.63, 3.8) is 0 Å². The number of pyridine rings is 1.